The van der Waals surface area contributed by atoms with Gasteiger partial charge in [-0.1, -0.05) is 6.92 Å². The van der Waals surface area contributed by atoms with Gasteiger partial charge in [-0.15, -0.1) is 0 Å². The van der Waals surface area contributed by atoms with Crippen LogP contribution in [0.25, 0.3) is 0 Å². The van der Waals surface area contributed by atoms with Crippen molar-refractivity contribution in [1.82, 2.24) is 10.2 Å². The Labute approximate surface area is 114 Å². The van der Waals surface area contributed by atoms with Gasteiger partial charge in [0, 0.05) is 32.1 Å². The maximum atomic E-state index is 12.3. The van der Waals surface area contributed by atoms with E-state index in [4.69, 9.17) is 5.73 Å². The summed E-state index contributed by atoms with van der Waals surface area (Å²) in [6, 6.07) is 0.0683. The summed E-state index contributed by atoms with van der Waals surface area (Å²) in [7, 11) is 1.79. The van der Waals surface area contributed by atoms with Crippen LogP contribution in [0.15, 0.2) is 0 Å². The van der Waals surface area contributed by atoms with Gasteiger partial charge in [0.15, 0.2) is 0 Å². The summed E-state index contributed by atoms with van der Waals surface area (Å²) in [6.07, 6.45) is 4.20. The van der Waals surface area contributed by atoms with Crippen molar-refractivity contribution in [3.63, 3.8) is 0 Å². The molecule has 3 N–H and O–H groups in total. The van der Waals surface area contributed by atoms with Crippen LogP contribution in [-0.2, 0) is 9.59 Å². The quantitative estimate of drug-likeness (QED) is 0.764. The van der Waals surface area contributed by atoms with E-state index < -0.39 is 0 Å². The number of amides is 2. The molecule has 2 aliphatic rings. The largest absolute Gasteiger partial charge is 0.351 e. The Hall–Kier alpha value is -1.10. The first-order valence-corrected chi connectivity index (χ1v) is 7.27. The summed E-state index contributed by atoms with van der Waals surface area (Å²) < 4.78 is 0. The lowest BCUT2D eigenvalue weighted by molar-refractivity contribution is -0.135. The highest BCUT2D eigenvalue weighted by Crippen LogP contribution is 2.28. The second-order valence-corrected chi connectivity index (χ2v) is 6.21. The van der Waals surface area contributed by atoms with E-state index in [0.29, 0.717) is 18.9 Å². The molecule has 5 heteroatoms. The molecule has 1 heterocycles. The van der Waals surface area contributed by atoms with Crippen LogP contribution < -0.4 is 11.1 Å². The number of piperidine rings is 1. The monoisotopic (exact) mass is 267 g/mol. The molecule has 4 unspecified atom stereocenters. The third-order valence-electron chi connectivity index (χ3n) is 4.48. The number of nitrogens with zero attached hydrogens (tertiary/aromatic N) is 1. The van der Waals surface area contributed by atoms with E-state index in [9.17, 15) is 9.59 Å². The summed E-state index contributed by atoms with van der Waals surface area (Å²) in [6.45, 7) is 2.79. The third kappa shape index (κ3) is 3.47. The topological polar surface area (TPSA) is 75.4 Å². The minimum absolute atomic E-state index is 0.0147. The molecule has 1 saturated carbocycles. The van der Waals surface area contributed by atoms with Gasteiger partial charge in [-0.3, -0.25) is 9.59 Å². The fraction of sp³-hybridized carbons (Fsp3) is 0.857. The van der Waals surface area contributed by atoms with Crippen molar-refractivity contribution in [3.05, 3.63) is 0 Å². The van der Waals surface area contributed by atoms with E-state index in [-0.39, 0.29) is 29.8 Å². The van der Waals surface area contributed by atoms with Crippen LogP contribution in [0, 0.1) is 11.8 Å². The molecule has 0 bridgehead atoms. The lowest BCUT2D eigenvalue weighted by atomic mass is 9.78. The van der Waals surface area contributed by atoms with Crippen LogP contribution >= 0.6 is 0 Å². The molecule has 0 spiro atoms. The molecular formula is C14H25N3O2. The van der Waals surface area contributed by atoms with Crippen LogP contribution in [0.1, 0.15) is 39.0 Å². The predicted molar refractivity (Wildman–Crippen MR) is 73.3 cm³/mol. The van der Waals surface area contributed by atoms with Gasteiger partial charge in [0.05, 0.1) is 5.92 Å². The number of nitrogens with two attached hydrogens (primary N) is 1. The maximum absolute atomic E-state index is 12.3. The van der Waals surface area contributed by atoms with Crippen LogP contribution in [0.3, 0.4) is 0 Å². The maximum Gasteiger partial charge on any atom is 0.224 e. The Morgan fingerprint density at radius 1 is 1.37 bits per heavy atom. The molecule has 0 radical (unpaired) electrons. The Kier molecular flexibility index (Phi) is 4.45. The van der Waals surface area contributed by atoms with Crippen LogP contribution in [-0.4, -0.2) is 42.4 Å². The highest BCUT2D eigenvalue weighted by molar-refractivity contribution is 5.81. The molecule has 19 heavy (non-hydrogen) atoms. The lowest BCUT2D eigenvalue weighted by Crippen LogP contribution is -2.53. The number of hydrogen-bond acceptors (Lipinski definition) is 3. The molecule has 2 fully saturated rings. The number of carbonyl (C=O) groups excluding carboxylic acids is 2. The van der Waals surface area contributed by atoms with Crippen molar-refractivity contribution < 1.29 is 9.59 Å². The van der Waals surface area contributed by atoms with Crippen LogP contribution in [0.5, 0.6) is 0 Å². The van der Waals surface area contributed by atoms with Gasteiger partial charge in [-0.25, -0.2) is 0 Å². The van der Waals surface area contributed by atoms with E-state index in [1.807, 2.05) is 0 Å². The Morgan fingerprint density at radius 2 is 2.11 bits per heavy atom. The standard InChI is InChI=1S/C14H25N3O2/c1-9-3-5-12(15)11(7-9)14(19)16-10-4-6-13(18)17(2)8-10/h9-12H,3-8,15H2,1-2H3,(H,16,19). The van der Waals surface area contributed by atoms with Crippen molar-refractivity contribution >= 4 is 11.8 Å². The summed E-state index contributed by atoms with van der Waals surface area (Å²) in [5.41, 5.74) is 6.07. The minimum Gasteiger partial charge on any atom is -0.351 e. The van der Waals surface area contributed by atoms with Gasteiger partial charge in [-0.2, -0.15) is 0 Å². The number of nitrogens with one attached hydrogen (secondary N) is 1. The molecule has 1 saturated heterocycles. The average Bonchev–Trinajstić information content (AvgIpc) is 2.36. The van der Waals surface area contributed by atoms with Gasteiger partial charge in [0.2, 0.25) is 11.8 Å². The zero-order valence-electron chi connectivity index (χ0n) is 11.9. The molecule has 2 amide bonds. The van der Waals surface area contributed by atoms with Crippen LogP contribution in [0.2, 0.25) is 0 Å². The molecule has 0 aromatic carbocycles. The molecule has 0 aromatic rings. The predicted octanol–water partition coefficient (Wildman–Crippen LogP) is 0.487. The fourth-order valence-electron chi connectivity index (χ4n) is 3.14. The van der Waals surface area contributed by atoms with Crippen molar-refractivity contribution in [2.24, 2.45) is 17.6 Å². The van der Waals surface area contributed by atoms with Crippen molar-refractivity contribution in [3.8, 4) is 0 Å². The molecule has 5 nitrogen and oxygen atoms in total. The Balaban J connectivity index is 1.88. The Morgan fingerprint density at radius 3 is 2.79 bits per heavy atom. The minimum atomic E-state index is -0.0633. The van der Waals surface area contributed by atoms with E-state index >= 15 is 0 Å². The lowest BCUT2D eigenvalue weighted by Gasteiger charge is -2.35. The molecule has 108 valence electrons. The van der Waals surface area contributed by atoms with Gasteiger partial charge in [-0.05, 0) is 31.6 Å². The zero-order chi connectivity index (χ0) is 14.0. The van der Waals surface area contributed by atoms with Crippen molar-refractivity contribution in [2.45, 2.75) is 51.1 Å². The second-order valence-electron chi connectivity index (χ2n) is 6.21. The number of hydrogen-bond donors (Lipinski definition) is 2. The van der Waals surface area contributed by atoms with E-state index in [1.165, 1.54) is 0 Å². The average molecular weight is 267 g/mol. The van der Waals surface area contributed by atoms with Crippen molar-refractivity contribution in [2.75, 3.05) is 13.6 Å². The zero-order valence-corrected chi connectivity index (χ0v) is 11.9. The second kappa shape index (κ2) is 5.90. The summed E-state index contributed by atoms with van der Waals surface area (Å²) in [5, 5.41) is 3.08. The van der Waals surface area contributed by atoms with E-state index in [0.717, 1.165) is 25.7 Å². The molecule has 4 atom stereocenters. The van der Waals surface area contributed by atoms with Gasteiger partial charge in [0.25, 0.3) is 0 Å². The SMILES string of the molecule is CC1CCC(N)C(C(=O)NC2CCC(=O)N(C)C2)C1. The van der Waals surface area contributed by atoms with Crippen molar-refractivity contribution in [1.29, 1.82) is 0 Å². The molecule has 2 rings (SSSR count). The van der Waals surface area contributed by atoms with Gasteiger partial charge < -0.3 is 16.0 Å². The van der Waals surface area contributed by atoms with Crippen LogP contribution in [0.4, 0.5) is 0 Å². The normalized spacial score (nSPS) is 36.2. The fourth-order valence-corrected chi connectivity index (χ4v) is 3.14. The molecule has 1 aliphatic heterocycles. The van der Waals surface area contributed by atoms with Gasteiger partial charge >= 0.3 is 0 Å². The Bertz CT molecular complexity index is 359. The van der Waals surface area contributed by atoms with E-state index in [2.05, 4.69) is 12.2 Å². The molecule has 1 aliphatic carbocycles. The third-order valence-corrected chi connectivity index (χ3v) is 4.48. The first-order valence-electron chi connectivity index (χ1n) is 7.27. The first kappa shape index (κ1) is 14.3. The number of rotatable bonds is 2. The summed E-state index contributed by atoms with van der Waals surface area (Å²) >= 11 is 0. The van der Waals surface area contributed by atoms with Gasteiger partial charge in [0.1, 0.15) is 0 Å². The number of likely N-dealkylation sites (N-methyl/N-ethyl adjacent to an activating group) is 1. The first-order chi connectivity index (χ1) is 8.97. The smallest absolute Gasteiger partial charge is 0.224 e. The molecule has 0 aromatic heterocycles. The van der Waals surface area contributed by atoms with E-state index in [1.54, 1.807) is 11.9 Å². The number of likely N-dealkylation sites (tertiary alicyclic amines) is 1. The highest BCUT2D eigenvalue weighted by Gasteiger charge is 2.33. The summed E-state index contributed by atoms with van der Waals surface area (Å²) in [4.78, 5) is 25.4. The highest BCUT2D eigenvalue weighted by atomic mass is 16.2. The summed E-state index contributed by atoms with van der Waals surface area (Å²) in [5.74, 6) is 0.748. The molecular weight excluding hydrogens is 242 g/mol. The number of carbonyl (C=O) groups is 2.